The summed E-state index contributed by atoms with van der Waals surface area (Å²) in [6.07, 6.45) is 12.0. The van der Waals surface area contributed by atoms with Crippen molar-refractivity contribution in [2.75, 3.05) is 19.3 Å². The summed E-state index contributed by atoms with van der Waals surface area (Å²) in [5.74, 6) is 0.315. The van der Waals surface area contributed by atoms with E-state index in [1.807, 2.05) is 0 Å². The highest BCUT2D eigenvalue weighted by atomic mass is 32.2. The summed E-state index contributed by atoms with van der Waals surface area (Å²) >= 11 is 0. The van der Waals surface area contributed by atoms with Crippen LogP contribution in [0.5, 0.6) is 5.75 Å². The Hall–Kier alpha value is -1.93. The normalized spacial score (nSPS) is 23.7. The maximum Gasteiger partial charge on any atom is 0.238 e. The number of carbonyl (C=O) groups is 1. The van der Waals surface area contributed by atoms with Crippen LogP contribution in [-0.2, 0) is 14.8 Å². The molecule has 2 heterocycles. The quantitative estimate of drug-likeness (QED) is 0.715. The third kappa shape index (κ3) is 5.52. The third-order valence-corrected chi connectivity index (χ3v) is 6.27. The molecule has 0 bridgehead atoms. The van der Waals surface area contributed by atoms with Crippen molar-refractivity contribution in [1.29, 1.82) is 0 Å². The molecule has 0 spiro atoms. The molecule has 1 N–H and O–H groups in total. The number of pyridine rings is 1. The van der Waals surface area contributed by atoms with Gasteiger partial charge in [0.1, 0.15) is 17.9 Å². The van der Waals surface area contributed by atoms with Gasteiger partial charge in [0.15, 0.2) is 0 Å². The van der Waals surface area contributed by atoms with Gasteiger partial charge in [-0.3, -0.25) is 9.78 Å². The Morgan fingerprint density at radius 3 is 2.93 bits per heavy atom. The van der Waals surface area contributed by atoms with E-state index in [4.69, 9.17) is 4.74 Å². The SMILES string of the molecule is CS(=O)(=O)N1C[C@@H](Oc2cccnc2)C[C@H]1C(=O)NCCC1=CCCCC1. The first-order valence-electron chi connectivity index (χ1n) is 9.42. The zero-order valence-corrected chi connectivity index (χ0v) is 16.5. The Bertz CT molecular complexity index is 779. The highest BCUT2D eigenvalue weighted by molar-refractivity contribution is 7.88. The van der Waals surface area contributed by atoms with Crippen LogP contribution in [0.1, 0.15) is 38.5 Å². The number of aromatic nitrogens is 1. The average Bonchev–Trinajstić information content (AvgIpc) is 3.08. The predicted molar refractivity (Wildman–Crippen MR) is 103 cm³/mol. The van der Waals surface area contributed by atoms with Crippen molar-refractivity contribution >= 4 is 15.9 Å². The highest BCUT2D eigenvalue weighted by Gasteiger charge is 2.42. The zero-order valence-electron chi connectivity index (χ0n) is 15.6. The number of nitrogens with zero attached hydrogens (tertiary/aromatic N) is 2. The van der Waals surface area contributed by atoms with Crippen molar-refractivity contribution in [2.45, 2.75) is 50.7 Å². The van der Waals surface area contributed by atoms with E-state index in [1.54, 1.807) is 24.5 Å². The molecular formula is C19H27N3O4S. The molecule has 1 fully saturated rings. The number of hydrogen-bond acceptors (Lipinski definition) is 5. The van der Waals surface area contributed by atoms with E-state index in [9.17, 15) is 13.2 Å². The lowest BCUT2D eigenvalue weighted by Gasteiger charge is -2.21. The second-order valence-corrected chi connectivity index (χ2v) is 9.10. The van der Waals surface area contributed by atoms with Crippen molar-refractivity contribution in [3.05, 3.63) is 36.2 Å². The predicted octanol–water partition coefficient (Wildman–Crippen LogP) is 1.87. The number of nitrogens with one attached hydrogen (secondary N) is 1. The van der Waals surface area contributed by atoms with Gasteiger partial charge in [-0.2, -0.15) is 4.31 Å². The van der Waals surface area contributed by atoms with Crippen molar-refractivity contribution < 1.29 is 17.9 Å². The van der Waals surface area contributed by atoms with Crippen LogP contribution in [0.4, 0.5) is 0 Å². The fraction of sp³-hybridized carbons (Fsp3) is 0.579. The van der Waals surface area contributed by atoms with Gasteiger partial charge < -0.3 is 10.1 Å². The lowest BCUT2D eigenvalue weighted by molar-refractivity contribution is -0.124. The van der Waals surface area contributed by atoms with E-state index in [-0.39, 0.29) is 18.6 Å². The number of allylic oxidation sites excluding steroid dienone is 1. The fourth-order valence-corrected chi connectivity index (χ4v) is 4.74. The summed E-state index contributed by atoms with van der Waals surface area (Å²) in [5.41, 5.74) is 1.38. The number of sulfonamides is 1. The Morgan fingerprint density at radius 1 is 1.41 bits per heavy atom. The van der Waals surface area contributed by atoms with E-state index in [0.29, 0.717) is 18.7 Å². The van der Waals surface area contributed by atoms with Gasteiger partial charge in [-0.25, -0.2) is 8.42 Å². The molecule has 1 aliphatic carbocycles. The van der Waals surface area contributed by atoms with Crippen molar-refractivity contribution in [3.63, 3.8) is 0 Å². The topological polar surface area (TPSA) is 88.6 Å². The Morgan fingerprint density at radius 2 is 2.26 bits per heavy atom. The number of amides is 1. The van der Waals surface area contributed by atoms with Crippen LogP contribution in [-0.4, -0.2) is 55.1 Å². The average molecular weight is 394 g/mol. The summed E-state index contributed by atoms with van der Waals surface area (Å²) in [4.78, 5) is 16.6. The first-order valence-corrected chi connectivity index (χ1v) is 11.3. The van der Waals surface area contributed by atoms with E-state index in [1.165, 1.54) is 22.7 Å². The molecule has 2 atom stereocenters. The molecule has 3 rings (SSSR count). The molecule has 0 radical (unpaired) electrons. The maximum absolute atomic E-state index is 12.6. The maximum atomic E-state index is 12.6. The number of ether oxygens (including phenoxy) is 1. The van der Waals surface area contributed by atoms with Crippen molar-refractivity contribution in [1.82, 2.24) is 14.6 Å². The molecule has 1 amide bonds. The molecule has 2 aliphatic rings. The lowest BCUT2D eigenvalue weighted by Crippen LogP contribution is -2.45. The molecule has 0 aromatic carbocycles. The molecular weight excluding hydrogens is 366 g/mol. The molecule has 1 aromatic rings. The number of rotatable bonds is 7. The molecule has 148 valence electrons. The van der Waals surface area contributed by atoms with Crippen LogP contribution in [0.3, 0.4) is 0 Å². The summed E-state index contributed by atoms with van der Waals surface area (Å²) < 4.78 is 31.3. The highest BCUT2D eigenvalue weighted by Crippen LogP contribution is 2.25. The molecule has 27 heavy (non-hydrogen) atoms. The minimum Gasteiger partial charge on any atom is -0.487 e. The van der Waals surface area contributed by atoms with Gasteiger partial charge in [-0.1, -0.05) is 11.6 Å². The molecule has 8 heteroatoms. The molecule has 1 aliphatic heterocycles. The third-order valence-electron chi connectivity index (χ3n) is 5.01. The van der Waals surface area contributed by atoms with Gasteiger partial charge in [0, 0.05) is 19.2 Å². The van der Waals surface area contributed by atoms with E-state index in [0.717, 1.165) is 25.5 Å². The van der Waals surface area contributed by atoms with E-state index in [2.05, 4.69) is 16.4 Å². The first kappa shape index (κ1) is 19.8. The van der Waals surface area contributed by atoms with Gasteiger partial charge in [0.2, 0.25) is 15.9 Å². The Balaban J connectivity index is 1.58. The van der Waals surface area contributed by atoms with Gasteiger partial charge in [-0.15, -0.1) is 0 Å². The van der Waals surface area contributed by atoms with Crippen molar-refractivity contribution in [3.8, 4) is 5.75 Å². The summed E-state index contributed by atoms with van der Waals surface area (Å²) in [7, 11) is -3.50. The molecule has 0 saturated carbocycles. The van der Waals surface area contributed by atoms with Gasteiger partial charge in [0.05, 0.1) is 19.0 Å². The monoisotopic (exact) mass is 393 g/mol. The van der Waals surface area contributed by atoms with Crippen LogP contribution in [0, 0.1) is 0 Å². The van der Waals surface area contributed by atoms with Gasteiger partial charge in [-0.05, 0) is 44.2 Å². The van der Waals surface area contributed by atoms with Crippen LogP contribution in [0.15, 0.2) is 36.2 Å². The molecule has 0 unspecified atom stereocenters. The lowest BCUT2D eigenvalue weighted by atomic mass is 9.97. The zero-order chi connectivity index (χ0) is 19.3. The van der Waals surface area contributed by atoms with E-state index >= 15 is 0 Å². The van der Waals surface area contributed by atoms with Crippen molar-refractivity contribution in [2.24, 2.45) is 0 Å². The second-order valence-electron chi connectivity index (χ2n) is 7.16. The van der Waals surface area contributed by atoms with Crippen LogP contribution in [0.25, 0.3) is 0 Å². The van der Waals surface area contributed by atoms with Gasteiger partial charge >= 0.3 is 0 Å². The fourth-order valence-electron chi connectivity index (χ4n) is 3.66. The Labute approximate surface area is 160 Å². The summed E-state index contributed by atoms with van der Waals surface area (Å²) in [5, 5.41) is 2.90. The Kier molecular flexibility index (Phi) is 6.49. The van der Waals surface area contributed by atoms with Crippen LogP contribution < -0.4 is 10.1 Å². The van der Waals surface area contributed by atoms with Gasteiger partial charge in [0.25, 0.3) is 0 Å². The largest absolute Gasteiger partial charge is 0.487 e. The van der Waals surface area contributed by atoms with Crippen LogP contribution >= 0.6 is 0 Å². The minimum atomic E-state index is -3.50. The van der Waals surface area contributed by atoms with Crippen LogP contribution in [0.2, 0.25) is 0 Å². The summed E-state index contributed by atoms with van der Waals surface area (Å²) in [6.45, 7) is 0.698. The standard InChI is InChI=1S/C19H27N3O4S/c1-27(24,25)22-14-17(26-16-8-5-10-20-13-16)12-18(22)19(23)21-11-9-15-6-3-2-4-7-15/h5-6,8,10,13,17-18H,2-4,7,9,11-12,14H2,1H3,(H,21,23)/t17-,18-/m0/s1. The number of hydrogen-bond donors (Lipinski definition) is 1. The first-order chi connectivity index (χ1) is 12.9. The molecule has 1 saturated heterocycles. The second kappa shape index (κ2) is 8.84. The molecule has 7 nitrogen and oxygen atoms in total. The number of carbonyl (C=O) groups excluding carboxylic acids is 1. The smallest absolute Gasteiger partial charge is 0.238 e. The minimum absolute atomic E-state index is 0.164. The van der Waals surface area contributed by atoms with E-state index < -0.39 is 16.1 Å². The summed E-state index contributed by atoms with van der Waals surface area (Å²) in [6, 6.07) is 2.79. The molecule has 1 aromatic heterocycles.